The van der Waals surface area contributed by atoms with Crippen LogP contribution in [0.4, 0.5) is 0 Å². The van der Waals surface area contributed by atoms with E-state index in [0.29, 0.717) is 0 Å². The van der Waals surface area contributed by atoms with E-state index in [-0.39, 0.29) is 0 Å². The van der Waals surface area contributed by atoms with Crippen LogP contribution in [0, 0.1) is 0 Å². The molecule has 0 aromatic carbocycles. The van der Waals surface area contributed by atoms with E-state index in [9.17, 15) is 0 Å². The third-order valence-electron chi connectivity index (χ3n) is 1.04. The fourth-order valence-corrected chi connectivity index (χ4v) is 0.319. The van der Waals surface area contributed by atoms with Crippen molar-refractivity contribution in [1.29, 1.82) is 0 Å². The summed E-state index contributed by atoms with van der Waals surface area (Å²) in [4.78, 5) is 0. The molecule has 0 aliphatic heterocycles. The topological polar surface area (TPSA) is 0 Å². The molecule has 11 heavy (non-hydrogen) atoms. The molecule has 0 aliphatic carbocycles. The van der Waals surface area contributed by atoms with E-state index in [1.165, 1.54) is 12.0 Å². The summed E-state index contributed by atoms with van der Waals surface area (Å²) >= 11 is 0. The highest BCUT2D eigenvalue weighted by Gasteiger charge is 1.82. The van der Waals surface area contributed by atoms with Crippen molar-refractivity contribution in [1.82, 2.24) is 0 Å². The quantitative estimate of drug-likeness (QED) is 0.522. The minimum absolute atomic E-state index is 1.10. The van der Waals surface area contributed by atoms with Gasteiger partial charge in [-0.1, -0.05) is 51.2 Å². The van der Waals surface area contributed by atoms with Crippen molar-refractivity contribution < 1.29 is 0 Å². The van der Waals surface area contributed by atoms with Gasteiger partial charge in [-0.15, -0.1) is 0 Å². The molecule has 0 nitrogen and oxygen atoms in total. The van der Waals surface area contributed by atoms with Crippen LogP contribution in [0.1, 0.15) is 34.1 Å². The Morgan fingerprint density at radius 2 is 1.64 bits per heavy atom. The van der Waals surface area contributed by atoms with E-state index < -0.39 is 0 Å². The first-order valence-corrected chi connectivity index (χ1v) is 4.05. The van der Waals surface area contributed by atoms with E-state index in [4.69, 9.17) is 0 Å². The lowest BCUT2D eigenvalue weighted by Crippen LogP contribution is -1.72. The molecule has 0 aliphatic rings. The zero-order chi connectivity index (χ0) is 9.28. The fraction of sp³-hybridized carbons (Fsp3) is 0.455. The molecule has 0 aromatic heterocycles. The summed E-state index contributed by atoms with van der Waals surface area (Å²) in [5.41, 5.74) is 2.30. The summed E-state index contributed by atoms with van der Waals surface area (Å²) in [6.45, 7) is 15.6. The van der Waals surface area contributed by atoms with Gasteiger partial charge in [0.05, 0.1) is 0 Å². The van der Waals surface area contributed by atoms with Crippen molar-refractivity contribution in [2.45, 2.75) is 34.1 Å². The van der Waals surface area contributed by atoms with Gasteiger partial charge in [0.15, 0.2) is 0 Å². The molecule has 0 unspecified atom stereocenters. The fourth-order valence-electron chi connectivity index (χ4n) is 0.319. The summed E-state index contributed by atoms with van der Waals surface area (Å²) in [5, 5.41) is 0. The zero-order valence-corrected chi connectivity index (χ0v) is 8.28. The molecular formula is C11H20. The monoisotopic (exact) mass is 152 g/mol. The van der Waals surface area contributed by atoms with Crippen molar-refractivity contribution in [3.05, 3.63) is 36.5 Å². The average molecular weight is 152 g/mol. The molecule has 0 N–H and O–H groups in total. The van der Waals surface area contributed by atoms with Crippen LogP contribution in [0.3, 0.4) is 0 Å². The van der Waals surface area contributed by atoms with E-state index >= 15 is 0 Å². The Balaban J connectivity index is 0. The van der Waals surface area contributed by atoms with Gasteiger partial charge in [-0.25, -0.2) is 0 Å². The maximum atomic E-state index is 3.76. The van der Waals surface area contributed by atoms with E-state index in [0.717, 1.165) is 5.57 Å². The van der Waals surface area contributed by atoms with Gasteiger partial charge in [0.1, 0.15) is 0 Å². The number of rotatable bonds is 2. The largest absolute Gasteiger partial charge is 0.0991 e. The van der Waals surface area contributed by atoms with Crippen molar-refractivity contribution in [3.8, 4) is 0 Å². The summed E-state index contributed by atoms with van der Waals surface area (Å²) in [7, 11) is 0. The molecule has 0 saturated carbocycles. The second kappa shape index (κ2) is 9.22. The molecule has 0 aromatic rings. The smallest absolute Gasteiger partial charge is 0.0395 e. The van der Waals surface area contributed by atoms with E-state index in [1.807, 2.05) is 19.9 Å². The van der Waals surface area contributed by atoms with Crippen molar-refractivity contribution in [3.63, 3.8) is 0 Å². The first kappa shape index (κ1) is 12.9. The molecule has 0 radical (unpaired) electrons. The Bertz CT molecular complexity index is 138. The second-order valence-electron chi connectivity index (χ2n) is 2.57. The van der Waals surface area contributed by atoms with Gasteiger partial charge in [0.2, 0.25) is 0 Å². The van der Waals surface area contributed by atoms with Crippen LogP contribution in [0.2, 0.25) is 0 Å². The Kier molecular flexibility index (Phi) is 10.8. The van der Waals surface area contributed by atoms with Gasteiger partial charge >= 0.3 is 0 Å². The number of hydrogen-bond donors (Lipinski definition) is 0. The van der Waals surface area contributed by atoms with Crippen LogP contribution in [0.5, 0.6) is 0 Å². The Morgan fingerprint density at radius 1 is 1.27 bits per heavy atom. The molecule has 64 valence electrons. The molecular weight excluding hydrogens is 132 g/mol. The predicted molar refractivity (Wildman–Crippen MR) is 54.7 cm³/mol. The Labute approximate surface area is 71.3 Å². The van der Waals surface area contributed by atoms with E-state index in [2.05, 4.69) is 27.0 Å². The summed E-state index contributed by atoms with van der Waals surface area (Å²) in [6.07, 6.45) is 4.96. The molecule has 0 heteroatoms. The normalized spacial score (nSPS) is 9.64. The average Bonchev–Trinajstić information content (AvgIpc) is 1.90. The molecule has 0 atom stereocenters. The highest BCUT2D eigenvalue weighted by molar-refractivity contribution is 5.26. The lowest BCUT2D eigenvalue weighted by molar-refractivity contribution is 1.09. The molecule has 0 rings (SSSR count). The van der Waals surface area contributed by atoms with Gasteiger partial charge < -0.3 is 0 Å². The summed E-state index contributed by atoms with van der Waals surface area (Å²) in [6, 6.07) is 0. The minimum atomic E-state index is 1.10. The SMILES string of the molecule is C=C/C=C(/C)C(=C)C.CCC. The predicted octanol–water partition coefficient (Wildman–Crippen LogP) is 4.11. The van der Waals surface area contributed by atoms with Crippen molar-refractivity contribution >= 4 is 0 Å². The van der Waals surface area contributed by atoms with Crippen LogP contribution in [-0.2, 0) is 0 Å². The van der Waals surface area contributed by atoms with Crippen LogP contribution >= 0.6 is 0 Å². The molecule has 0 fully saturated rings. The van der Waals surface area contributed by atoms with E-state index in [1.54, 1.807) is 6.08 Å². The highest BCUT2D eigenvalue weighted by atomic mass is 13.9. The maximum Gasteiger partial charge on any atom is -0.0395 e. The molecule has 0 amide bonds. The second-order valence-corrected chi connectivity index (χ2v) is 2.57. The zero-order valence-electron chi connectivity index (χ0n) is 8.28. The minimum Gasteiger partial charge on any atom is -0.0991 e. The maximum absolute atomic E-state index is 3.76. The highest BCUT2D eigenvalue weighted by Crippen LogP contribution is 2.03. The number of allylic oxidation sites excluding steroid dienone is 4. The van der Waals surface area contributed by atoms with Crippen LogP contribution in [0.25, 0.3) is 0 Å². The van der Waals surface area contributed by atoms with Gasteiger partial charge in [-0.05, 0) is 19.4 Å². The van der Waals surface area contributed by atoms with Crippen LogP contribution < -0.4 is 0 Å². The Hall–Kier alpha value is -0.780. The van der Waals surface area contributed by atoms with Crippen LogP contribution in [-0.4, -0.2) is 0 Å². The lowest BCUT2D eigenvalue weighted by Gasteiger charge is -1.92. The molecule has 0 bridgehead atoms. The third-order valence-corrected chi connectivity index (χ3v) is 1.04. The lowest BCUT2D eigenvalue weighted by atomic mass is 10.1. The molecule has 0 spiro atoms. The number of hydrogen-bond acceptors (Lipinski definition) is 0. The van der Waals surface area contributed by atoms with Crippen molar-refractivity contribution in [2.24, 2.45) is 0 Å². The summed E-state index contributed by atoms with van der Waals surface area (Å²) < 4.78 is 0. The van der Waals surface area contributed by atoms with Gasteiger partial charge in [-0.2, -0.15) is 0 Å². The molecule has 0 heterocycles. The third kappa shape index (κ3) is 12.4. The Morgan fingerprint density at radius 3 is 1.73 bits per heavy atom. The molecule has 0 saturated heterocycles. The van der Waals surface area contributed by atoms with Gasteiger partial charge in [0, 0.05) is 0 Å². The van der Waals surface area contributed by atoms with Crippen molar-refractivity contribution in [2.75, 3.05) is 0 Å². The standard InChI is InChI=1S/C8H12.C3H8/c1-5-6-8(4)7(2)3;1-3-2/h5-6H,1-2H2,3-4H3;3H2,1-2H3/b8-6-;. The van der Waals surface area contributed by atoms with Gasteiger partial charge in [-0.3, -0.25) is 0 Å². The summed E-state index contributed by atoms with van der Waals surface area (Å²) in [5.74, 6) is 0. The van der Waals surface area contributed by atoms with Crippen LogP contribution in [0.15, 0.2) is 36.5 Å². The van der Waals surface area contributed by atoms with Gasteiger partial charge in [0.25, 0.3) is 0 Å². The first-order chi connectivity index (χ1) is 5.09. The first-order valence-electron chi connectivity index (χ1n) is 4.05.